The van der Waals surface area contributed by atoms with Gasteiger partial charge >= 0.3 is 0 Å². The highest BCUT2D eigenvalue weighted by molar-refractivity contribution is 6.39. The molecule has 4 aromatic rings. The number of benzene rings is 3. The molecule has 9 nitrogen and oxygen atoms in total. The Labute approximate surface area is 290 Å². The summed E-state index contributed by atoms with van der Waals surface area (Å²) >= 11 is 14.2. The topological polar surface area (TPSA) is 125 Å². The van der Waals surface area contributed by atoms with Gasteiger partial charge in [0.15, 0.2) is 0 Å². The quantitative estimate of drug-likeness (QED) is 0.123. The van der Waals surface area contributed by atoms with Crippen molar-refractivity contribution in [3.8, 4) is 39.4 Å². The maximum Gasteiger partial charge on any atom is 0.220 e. The van der Waals surface area contributed by atoms with Crippen molar-refractivity contribution in [3.05, 3.63) is 93.5 Å². The van der Waals surface area contributed by atoms with Crippen LogP contribution in [0.15, 0.2) is 66.7 Å². The van der Waals surface area contributed by atoms with E-state index in [1.165, 1.54) is 0 Å². The molecule has 2 aliphatic heterocycles. The number of nitrogens with one attached hydrogen (secondary N) is 4. The number of aliphatic hydroxyl groups is 1. The fourth-order valence-electron chi connectivity index (χ4n) is 6.37. The van der Waals surface area contributed by atoms with E-state index < -0.39 is 0 Å². The van der Waals surface area contributed by atoms with Gasteiger partial charge in [0.05, 0.1) is 29.5 Å². The van der Waals surface area contributed by atoms with Gasteiger partial charge in [-0.3, -0.25) is 9.59 Å². The lowest BCUT2D eigenvalue weighted by molar-refractivity contribution is -0.120. The summed E-state index contributed by atoms with van der Waals surface area (Å²) in [5.74, 6) is 0.693. The summed E-state index contributed by atoms with van der Waals surface area (Å²) in [5.41, 5.74) is 7.38. The molecule has 2 amide bonds. The van der Waals surface area contributed by atoms with Gasteiger partial charge in [0.1, 0.15) is 0 Å². The number of rotatable bonds is 13. The number of nitrogens with zero attached hydrogens (tertiary/aromatic N) is 1. The van der Waals surface area contributed by atoms with E-state index in [-0.39, 0.29) is 30.5 Å². The highest BCUT2D eigenvalue weighted by Gasteiger charge is 2.22. The molecule has 0 saturated carbocycles. The smallest absolute Gasteiger partial charge is 0.220 e. The minimum Gasteiger partial charge on any atom is -0.481 e. The summed E-state index contributed by atoms with van der Waals surface area (Å²) in [7, 11) is 1.60. The van der Waals surface area contributed by atoms with Crippen molar-refractivity contribution >= 4 is 35.0 Å². The van der Waals surface area contributed by atoms with E-state index in [9.17, 15) is 14.7 Å². The largest absolute Gasteiger partial charge is 0.481 e. The minimum absolute atomic E-state index is 0.0953. The van der Waals surface area contributed by atoms with Crippen LogP contribution in [0.4, 0.5) is 0 Å². The lowest BCUT2D eigenvalue weighted by atomic mass is 9.95. The van der Waals surface area contributed by atoms with E-state index in [0.717, 1.165) is 57.3 Å². The average Bonchev–Trinajstić information content (AvgIpc) is 3.72. The second kappa shape index (κ2) is 15.5. The molecule has 0 spiro atoms. The first-order valence-corrected chi connectivity index (χ1v) is 16.9. The second-order valence-electron chi connectivity index (χ2n) is 12.2. The summed E-state index contributed by atoms with van der Waals surface area (Å²) in [6, 6.07) is 21.8. The molecule has 0 aliphatic carbocycles. The van der Waals surface area contributed by atoms with Gasteiger partial charge in [0.25, 0.3) is 0 Å². The summed E-state index contributed by atoms with van der Waals surface area (Å²) < 4.78 is 5.64. The molecule has 2 saturated heterocycles. The Kier molecular flexibility index (Phi) is 10.9. The summed E-state index contributed by atoms with van der Waals surface area (Å²) in [5, 5.41) is 24.0. The maximum absolute atomic E-state index is 11.5. The number of hydrogen-bond donors (Lipinski definition) is 5. The van der Waals surface area contributed by atoms with Crippen LogP contribution in [0.1, 0.15) is 42.4 Å². The van der Waals surface area contributed by atoms with Crippen molar-refractivity contribution in [2.24, 2.45) is 0 Å². The lowest BCUT2D eigenvalue weighted by Gasteiger charge is -2.17. The number of aromatic nitrogens is 1. The monoisotopic (exact) mass is 687 g/mol. The lowest BCUT2D eigenvalue weighted by Crippen LogP contribution is -2.35. The molecule has 250 valence electrons. The molecule has 1 aromatic heterocycles. The molecule has 2 aliphatic rings. The predicted octanol–water partition coefficient (Wildman–Crippen LogP) is 5.63. The van der Waals surface area contributed by atoms with Gasteiger partial charge < -0.3 is 31.1 Å². The number of methoxy groups -OCH3 is 1. The van der Waals surface area contributed by atoms with Crippen LogP contribution in [0.3, 0.4) is 0 Å². The molecule has 5 N–H and O–H groups in total. The van der Waals surface area contributed by atoms with Crippen molar-refractivity contribution in [1.29, 1.82) is 0 Å². The zero-order valence-corrected chi connectivity index (χ0v) is 28.3. The van der Waals surface area contributed by atoms with Crippen LogP contribution in [0.5, 0.6) is 5.88 Å². The third-order valence-corrected chi connectivity index (χ3v) is 9.78. The molecule has 6 rings (SSSR count). The zero-order chi connectivity index (χ0) is 33.6. The molecule has 3 heterocycles. The third-order valence-electron chi connectivity index (χ3n) is 8.97. The molecular formula is C37H39Cl2N5O4. The van der Waals surface area contributed by atoms with Gasteiger partial charge in [-0.05, 0) is 41.7 Å². The van der Waals surface area contributed by atoms with E-state index in [1.54, 1.807) is 7.11 Å². The molecule has 0 unspecified atom stereocenters. The van der Waals surface area contributed by atoms with Crippen molar-refractivity contribution in [3.63, 3.8) is 0 Å². The molecule has 0 bridgehead atoms. The van der Waals surface area contributed by atoms with E-state index in [4.69, 9.17) is 32.9 Å². The fraction of sp³-hybridized carbons (Fsp3) is 0.324. The van der Waals surface area contributed by atoms with Crippen LogP contribution in [-0.4, -0.2) is 54.2 Å². The standard InChI is InChI=1S/C37H39Cl2N5O4/c1-48-37-24(18-41-20-27-12-15-34(47)43-27)10-13-32(44-37)31-7-3-6-30(36(31)39)29-5-2-4-28(35(29)38)22-8-9-23(25(16-22)21-45)17-40-19-26-11-14-33(46)42-26/h2-10,13,16,26-27,40-41,45H,11-12,14-15,17-21H2,1H3,(H,42,46)(H,43,47)/t26-,27-/m0/s1. The number of pyridine rings is 1. The highest BCUT2D eigenvalue weighted by atomic mass is 35.5. The Hall–Kier alpha value is -3.99. The van der Waals surface area contributed by atoms with Crippen LogP contribution >= 0.6 is 23.2 Å². The van der Waals surface area contributed by atoms with E-state index in [2.05, 4.69) is 21.3 Å². The predicted molar refractivity (Wildman–Crippen MR) is 189 cm³/mol. The van der Waals surface area contributed by atoms with Crippen LogP contribution in [-0.2, 0) is 29.3 Å². The number of amides is 2. The summed E-state index contributed by atoms with van der Waals surface area (Å²) in [6.07, 6.45) is 2.80. The van der Waals surface area contributed by atoms with Crippen LogP contribution < -0.4 is 26.0 Å². The average molecular weight is 689 g/mol. The molecule has 0 radical (unpaired) electrons. The van der Waals surface area contributed by atoms with Crippen molar-refractivity contribution in [1.82, 2.24) is 26.3 Å². The maximum atomic E-state index is 11.5. The zero-order valence-electron chi connectivity index (χ0n) is 26.7. The third kappa shape index (κ3) is 7.66. The van der Waals surface area contributed by atoms with E-state index in [0.29, 0.717) is 60.6 Å². The number of halogens is 2. The minimum atomic E-state index is -0.111. The van der Waals surface area contributed by atoms with Crippen molar-refractivity contribution in [2.75, 3.05) is 20.2 Å². The van der Waals surface area contributed by atoms with Gasteiger partial charge in [-0.1, -0.05) is 77.8 Å². The number of hydrogen-bond acceptors (Lipinski definition) is 7. The number of carbonyl (C=O) groups is 2. The molecule has 2 atom stereocenters. The second-order valence-corrected chi connectivity index (χ2v) is 13.0. The molecular weight excluding hydrogens is 649 g/mol. The first-order chi connectivity index (χ1) is 23.3. The van der Waals surface area contributed by atoms with Gasteiger partial charge in [0, 0.05) is 78.9 Å². The van der Waals surface area contributed by atoms with E-state index in [1.807, 2.05) is 66.7 Å². The Morgan fingerprint density at radius 2 is 1.33 bits per heavy atom. The number of carbonyl (C=O) groups excluding carboxylic acids is 2. The Morgan fingerprint density at radius 1 is 0.771 bits per heavy atom. The highest BCUT2D eigenvalue weighted by Crippen LogP contribution is 2.42. The first-order valence-electron chi connectivity index (χ1n) is 16.2. The van der Waals surface area contributed by atoms with Crippen LogP contribution in [0, 0.1) is 0 Å². The normalized spacial score (nSPS) is 17.4. The molecule has 2 fully saturated rings. The van der Waals surface area contributed by atoms with Crippen molar-refractivity contribution < 1.29 is 19.4 Å². The summed E-state index contributed by atoms with van der Waals surface area (Å²) in [6.45, 7) is 2.37. The fourth-order valence-corrected chi connectivity index (χ4v) is 7.03. The molecule has 11 heteroatoms. The van der Waals surface area contributed by atoms with E-state index >= 15 is 0 Å². The first kappa shape index (κ1) is 33.9. The molecule has 48 heavy (non-hydrogen) atoms. The van der Waals surface area contributed by atoms with Crippen LogP contribution in [0.2, 0.25) is 10.0 Å². The van der Waals surface area contributed by atoms with Gasteiger partial charge in [-0.2, -0.15) is 0 Å². The van der Waals surface area contributed by atoms with Gasteiger partial charge in [-0.15, -0.1) is 0 Å². The Morgan fingerprint density at radius 3 is 1.92 bits per heavy atom. The number of ether oxygens (including phenoxy) is 1. The Bertz CT molecular complexity index is 1690. The van der Waals surface area contributed by atoms with Crippen LogP contribution in [0.25, 0.3) is 33.5 Å². The molecule has 3 aromatic carbocycles. The number of aliphatic hydroxyl groups excluding tert-OH is 1. The SMILES string of the molecule is COc1nc(-c2cccc(-c3cccc(-c4ccc(CNC[C@@H]5CCC(=O)N5)c(CO)c4)c3Cl)c2Cl)ccc1CNC[C@@H]1CCC(=O)N1. The van der Waals surface area contributed by atoms with Crippen molar-refractivity contribution in [2.45, 2.75) is 57.5 Å². The summed E-state index contributed by atoms with van der Waals surface area (Å²) in [4.78, 5) is 27.8. The van der Waals surface area contributed by atoms with Gasteiger partial charge in [0.2, 0.25) is 17.7 Å². The van der Waals surface area contributed by atoms with Gasteiger partial charge in [-0.25, -0.2) is 4.98 Å². The Balaban J connectivity index is 1.20.